The smallest absolute Gasteiger partial charge is 0.207 e. The Balaban J connectivity index is 2.13. The van der Waals surface area contributed by atoms with Gasteiger partial charge in [0, 0.05) is 18.6 Å². The first-order chi connectivity index (χ1) is 13.9. The van der Waals surface area contributed by atoms with Crippen molar-refractivity contribution in [3.8, 4) is 5.75 Å². The third-order valence-electron chi connectivity index (χ3n) is 3.57. The Morgan fingerprint density at radius 1 is 0.690 bits per heavy atom. The van der Waals surface area contributed by atoms with Crippen molar-refractivity contribution in [2.75, 3.05) is 52.9 Å². The molecule has 0 atom stereocenters. The summed E-state index contributed by atoms with van der Waals surface area (Å²) >= 11 is 4.85. The molecule has 166 valence electrons. The van der Waals surface area contributed by atoms with Gasteiger partial charge in [-0.25, -0.2) is 13.2 Å². The summed E-state index contributed by atoms with van der Waals surface area (Å²) in [5, 5.41) is -0.215. The maximum absolute atomic E-state index is 13.9. The highest BCUT2D eigenvalue weighted by Crippen LogP contribution is 2.30. The monoisotopic (exact) mass is 442 g/mol. The molecule has 10 heteroatoms. The molecule has 0 N–H and O–H groups in total. The predicted molar refractivity (Wildman–Crippen MR) is 102 cm³/mol. The van der Waals surface area contributed by atoms with Crippen LogP contribution in [0.2, 0.25) is 0 Å². The summed E-state index contributed by atoms with van der Waals surface area (Å²) in [6.07, 6.45) is 1.01. The Kier molecular flexibility index (Phi) is 13.0. The van der Waals surface area contributed by atoms with E-state index in [1.165, 1.54) is 0 Å². The van der Waals surface area contributed by atoms with Crippen LogP contribution in [0.3, 0.4) is 0 Å². The van der Waals surface area contributed by atoms with E-state index in [4.69, 9.17) is 35.9 Å². The zero-order valence-corrected chi connectivity index (χ0v) is 17.3. The van der Waals surface area contributed by atoms with Gasteiger partial charge < -0.3 is 23.7 Å². The largest absolute Gasteiger partial charge is 0.444 e. The average Bonchev–Trinajstić information content (AvgIpc) is 2.71. The lowest BCUT2D eigenvalue weighted by Gasteiger charge is -2.12. The van der Waals surface area contributed by atoms with Gasteiger partial charge in [0.05, 0.1) is 46.2 Å². The number of hydrogen-bond acceptors (Lipinski definition) is 6. The van der Waals surface area contributed by atoms with E-state index in [9.17, 15) is 17.6 Å². The number of halogens is 4. The Labute approximate surface area is 173 Å². The van der Waals surface area contributed by atoms with Crippen LogP contribution >= 0.6 is 12.2 Å². The number of benzene rings is 1. The Hall–Kier alpha value is -1.33. The fourth-order valence-corrected chi connectivity index (χ4v) is 2.21. The van der Waals surface area contributed by atoms with Gasteiger partial charge in [0.15, 0.2) is 22.5 Å². The third kappa shape index (κ3) is 9.35. The molecule has 0 saturated heterocycles. The van der Waals surface area contributed by atoms with Crippen LogP contribution in [0.4, 0.5) is 17.6 Å². The van der Waals surface area contributed by atoms with Crippen molar-refractivity contribution in [3.63, 3.8) is 0 Å². The summed E-state index contributed by atoms with van der Waals surface area (Å²) in [5.41, 5.74) is -0.687. The van der Waals surface area contributed by atoms with Gasteiger partial charge in [0.2, 0.25) is 11.6 Å². The zero-order valence-electron chi connectivity index (χ0n) is 16.5. The van der Waals surface area contributed by atoms with Crippen molar-refractivity contribution in [1.29, 1.82) is 0 Å². The minimum atomic E-state index is -1.81. The minimum Gasteiger partial charge on any atom is -0.444 e. The van der Waals surface area contributed by atoms with E-state index in [-0.39, 0.29) is 24.7 Å². The molecular formula is C19H26F4O5S. The first-order valence-corrected chi connectivity index (χ1v) is 9.65. The van der Waals surface area contributed by atoms with Crippen molar-refractivity contribution >= 4 is 17.3 Å². The first kappa shape index (κ1) is 25.7. The van der Waals surface area contributed by atoms with E-state index < -0.39 is 34.6 Å². The summed E-state index contributed by atoms with van der Waals surface area (Å²) in [4.78, 5) is 0. The highest BCUT2D eigenvalue weighted by molar-refractivity contribution is 7.80. The molecule has 29 heavy (non-hydrogen) atoms. The Bertz CT molecular complexity index is 617. The summed E-state index contributed by atoms with van der Waals surface area (Å²) in [6.45, 7) is 6.35. The van der Waals surface area contributed by atoms with Gasteiger partial charge in [-0.2, -0.15) is 4.39 Å². The number of hydrogen-bond donors (Lipinski definition) is 0. The normalized spacial score (nSPS) is 11.1. The molecule has 1 aromatic carbocycles. The molecule has 0 fully saturated rings. The second-order valence-electron chi connectivity index (χ2n) is 5.88. The first-order valence-electron chi connectivity index (χ1n) is 9.24. The SMILES string of the molecule is CCCOCCOCCOCCOCCC(=S)Oc1c(F)c(C)c(F)c(F)c1F. The Morgan fingerprint density at radius 2 is 1.17 bits per heavy atom. The molecule has 0 unspecified atom stereocenters. The lowest BCUT2D eigenvalue weighted by atomic mass is 10.2. The van der Waals surface area contributed by atoms with Crippen molar-refractivity contribution in [2.45, 2.75) is 26.7 Å². The van der Waals surface area contributed by atoms with E-state index in [0.717, 1.165) is 20.0 Å². The summed E-state index contributed by atoms with van der Waals surface area (Å²) in [7, 11) is 0. The van der Waals surface area contributed by atoms with Crippen molar-refractivity contribution in [3.05, 3.63) is 28.8 Å². The quantitative estimate of drug-likeness (QED) is 0.134. The molecule has 0 spiro atoms. The third-order valence-corrected chi connectivity index (χ3v) is 3.86. The number of thiocarbonyl (C=S) groups is 1. The van der Waals surface area contributed by atoms with Crippen LogP contribution in [0.15, 0.2) is 0 Å². The fraction of sp³-hybridized carbons (Fsp3) is 0.632. The zero-order chi connectivity index (χ0) is 21.6. The Morgan fingerprint density at radius 3 is 1.69 bits per heavy atom. The molecule has 0 bridgehead atoms. The van der Waals surface area contributed by atoms with Gasteiger partial charge >= 0.3 is 0 Å². The molecule has 0 radical (unpaired) electrons. The molecule has 0 amide bonds. The van der Waals surface area contributed by atoms with Crippen LogP contribution in [0.25, 0.3) is 0 Å². The predicted octanol–water partition coefficient (Wildman–Crippen LogP) is 4.12. The maximum Gasteiger partial charge on any atom is 0.207 e. The number of rotatable bonds is 15. The van der Waals surface area contributed by atoms with Crippen LogP contribution in [-0.2, 0) is 18.9 Å². The molecule has 0 aliphatic rings. The van der Waals surface area contributed by atoms with Gasteiger partial charge in [0.1, 0.15) is 0 Å². The molecule has 1 aromatic rings. The molecule has 1 rings (SSSR count). The standard InChI is InChI=1S/C19H26F4O5S/c1-3-5-24-7-9-26-11-12-27-10-8-25-6-4-14(29)28-19-16(21)13(2)15(20)17(22)18(19)23/h3-12H2,1-2H3. The molecule has 0 saturated carbocycles. The van der Waals surface area contributed by atoms with Crippen LogP contribution in [0.5, 0.6) is 5.75 Å². The van der Waals surface area contributed by atoms with E-state index in [0.29, 0.717) is 33.0 Å². The average molecular weight is 442 g/mol. The minimum absolute atomic E-state index is 0.0348. The lowest BCUT2D eigenvalue weighted by Crippen LogP contribution is -2.15. The van der Waals surface area contributed by atoms with Crippen molar-refractivity contribution in [2.24, 2.45) is 0 Å². The second-order valence-corrected chi connectivity index (χ2v) is 6.34. The fourth-order valence-electron chi connectivity index (χ4n) is 2.04. The van der Waals surface area contributed by atoms with Gasteiger partial charge in [0.25, 0.3) is 0 Å². The highest BCUT2D eigenvalue weighted by Gasteiger charge is 2.25. The molecular weight excluding hydrogens is 416 g/mol. The second kappa shape index (κ2) is 14.6. The lowest BCUT2D eigenvalue weighted by molar-refractivity contribution is -0.00113. The van der Waals surface area contributed by atoms with E-state index in [2.05, 4.69) is 0 Å². The molecule has 0 aliphatic heterocycles. The topological polar surface area (TPSA) is 46.2 Å². The number of ether oxygens (including phenoxy) is 5. The molecule has 5 nitrogen and oxygen atoms in total. The van der Waals surface area contributed by atoms with Gasteiger partial charge in [-0.1, -0.05) is 6.92 Å². The van der Waals surface area contributed by atoms with Gasteiger partial charge in [-0.15, -0.1) is 0 Å². The van der Waals surface area contributed by atoms with E-state index in [1.807, 2.05) is 6.92 Å². The maximum atomic E-state index is 13.9. The van der Waals surface area contributed by atoms with Crippen LogP contribution in [0, 0.1) is 30.2 Å². The van der Waals surface area contributed by atoms with Crippen molar-refractivity contribution in [1.82, 2.24) is 0 Å². The van der Waals surface area contributed by atoms with Crippen LogP contribution in [0.1, 0.15) is 25.3 Å². The van der Waals surface area contributed by atoms with Crippen LogP contribution in [-0.4, -0.2) is 57.9 Å². The van der Waals surface area contributed by atoms with Gasteiger partial charge in [-0.05, 0) is 25.6 Å². The van der Waals surface area contributed by atoms with E-state index in [1.54, 1.807) is 0 Å². The molecule has 0 aromatic heterocycles. The van der Waals surface area contributed by atoms with Gasteiger partial charge in [-0.3, -0.25) is 0 Å². The highest BCUT2D eigenvalue weighted by atomic mass is 32.1. The summed E-state index contributed by atoms with van der Waals surface area (Å²) < 4.78 is 80.1. The summed E-state index contributed by atoms with van der Waals surface area (Å²) in [5.74, 6) is -7.57. The molecule has 0 heterocycles. The molecule has 0 aliphatic carbocycles. The van der Waals surface area contributed by atoms with Crippen molar-refractivity contribution < 1.29 is 41.2 Å². The van der Waals surface area contributed by atoms with Crippen LogP contribution < -0.4 is 4.74 Å². The summed E-state index contributed by atoms with van der Waals surface area (Å²) in [6, 6.07) is 0. The van der Waals surface area contributed by atoms with E-state index >= 15 is 0 Å².